The van der Waals surface area contributed by atoms with Gasteiger partial charge in [0, 0.05) is 0 Å². The molecule has 0 unspecified atom stereocenters. The molecule has 2 N–H and O–H groups in total. The van der Waals surface area contributed by atoms with E-state index in [1.807, 2.05) is 6.92 Å². The van der Waals surface area contributed by atoms with Gasteiger partial charge in [0.1, 0.15) is 0 Å². The number of fused-ring (bicyclic) bond motifs is 1. The molecule has 2 nitrogen and oxygen atoms in total. The van der Waals surface area contributed by atoms with Crippen LogP contribution in [0.4, 0.5) is 0 Å². The fourth-order valence-electron chi connectivity index (χ4n) is 2.24. The van der Waals surface area contributed by atoms with E-state index in [1.54, 1.807) is 12.1 Å². The van der Waals surface area contributed by atoms with Crippen molar-refractivity contribution in [2.24, 2.45) is 0 Å². The normalized spacial score (nSPS) is 15.5. The molecule has 0 spiro atoms. The van der Waals surface area contributed by atoms with Gasteiger partial charge in [0.15, 0.2) is 0 Å². The SMILES string of the molecule is CC1=CC=C(c2sc3c(O)ccc(O)c3c2C)C=C[I-]1. The van der Waals surface area contributed by atoms with Crippen molar-refractivity contribution in [2.75, 3.05) is 0 Å². The van der Waals surface area contributed by atoms with Crippen LogP contribution in [0.25, 0.3) is 15.7 Å². The van der Waals surface area contributed by atoms with E-state index in [4.69, 9.17) is 0 Å². The number of aromatic hydroxyl groups is 2. The van der Waals surface area contributed by atoms with Crippen LogP contribution in [0.1, 0.15) is 17.4 Å². The predicted molar refractivity (Wildman–Crippen MR) is 80.8 cm³/mol. The first-order valence-corrected chi connectivity index (χ1v) is 9.35. The Bertz CT molecular complexity index is 781. The zero-order valence-corrected chi connectivity index (χ0v) is 14.1. The van der Waals surface area contributed by atoms with Crippen LogP contribution in [0, 0.1) is 6.92 Å². The molecule has 1 aromatic heterocycles. The third-order valence-electron chi connectivity index (χ3n) is 3.27. The Morgan fingerprint density at radius 2 is 1.80 bits per heavy atom. The third kappa shape index (κ3) is 2.27. The van der Waals surface area contributed by atoms with E-state index < -0.39 is 0 Å². The van der Waals surface area contributed by atoms with Crippen LogP contribution < -0.4 is 21.2 Å². The molecule has 0 aliphatic carbocycles. The molecule has 4 heteroatoms. The van der Waals surface area contributed by atoms with Gasteiger partial charge in [-0.1, -0.05) is 0 Å². The molecule has 3 rings (SSSR count). The first-order chi connectivity index (χ1) is 9.58. The Morgan fingerprint density at radius 1 is 1.05 bits per heavy atom. The molecule has 0 fully saturated rings. The average molecular weight is 397 g/mol. The average Bonchev–Trinajstić information content (AvgIpc) is 2.63. The zero-order valence-electron chi connectivity index (χ0n) is 11.1. The number of halogens is 1. The van der Waals surface area contributed by atoms with E-state index in [9.17, 15) is 10.2 Å². The standard InChI is InChI=1S/C16H14IO2S/c1-9-3-4-11(7-8-17-9)15-10(2)14-12(18)5-6-13(19)16(14)20-15/h3-8,18-19H,1-2H3/q-1. The van der Waals surface area contributed by atoms with Crippen molar-refractivity contribution in [3.05, 3.63) is 48.5 Å². The summed E-state index contributed by atoms with van der Waals surface area (Å²) in [7, 11) is 0. The van der Waals surface area contributed by atoms with Crippen molar-refractivity contribution in [2.45, 2.75) is 13.8 Å². The summed E-state index contributed by atoms with van der Waals surface area (Å²) < 4.78 is 4.44. The predicted octanol–water partition coefficient (Wildman–Crippen LogP) is 1.52. The molecule has 0 saturated heterocycles. The number of hydrogen-bond acceptors (Lipinski definition) is 3. The molecule has 1 aliphatic heterocycles. The molecule has 1 aromatic carbocycles. The monoisotopic (exact) mass is 397 g/mol. The van der Waals surface area contributed by atoms with Crippen molar-refractivity contribution < 1.29 is 31.4 Å². The molecule has 20 heavy (non-hydrogen) atoms. The molecule has 1 aliphatic rings. The molecule has 2 aromatic rings. The van der Waals surface area contributed by atoms with Crippen LogP contribution in [-0.2, 0) is 0 Å². The molecule has 104 valence electrons. The number of thiophene rings is 1. The maximum absolute atomic E-state index is 10.0. The Labute approximate surface area is 132 Å². The number of phenols is 2. The van der Waals surface area contributed by atoms with Crippen LogP contribution >= 0.6 is 11.3 Å². The summed E-state index contributed by atoms with van der Waals surface area (Å²) in [6, 6.07) is 3.10. The van der Waals surface area contributed by atoms with Crippen molar-refractivity contribution in [1.82, 2.24) is 0 Å². The molecule has 2 heterocycles. The van der Waals surface area contributed by atoms with Gasteiger partial charge in [0.05, 0.1) is 0 Å². The van der Waals surface area contributed by atoms with Crippen LogP contribution in [0.3, 0.4) is 0 Å². The van der Waals surface area contributed by atoms with E-state index in [2.05, 4.69) is 29.2 Å². The van der Waals surface area contributed by atoms with Crippen molar-refractivity contribution >= 4 is 27.0 Å². The summed E-state index contributed by atoms with van der Waals surface area (Å²) in [6.07, 6.45) is 6.46. The van der Waals surface area contributed by atoms with E-state index in [0.717, 1.165) is 26.1 Å². The quantitative estimate of drug-likeness (QED) is 0.566. The van der Waals surface area contributed by atoms with Crippen molar-refractivity contribution in [3.63, 3.8) is 0 Å². The van der Waals surface area contributed by atoms with Crippen molar-refractivity contribution in [3.8, 4) is 11.5 Å². The summed E-state index contributed by atoms with van der Waals surface area (Å²) in [4.78, 5) is 1.11. The van der Waals surface area contributed by atoms with Gasteiger partial charge in [-0.25, -0.2) is 0 Å². The van der Waals surface area contributed by atoms with Gasteiger partial charge in [-0.05, 0) is 0 Å². The summed E-state index contributed by atoms with van der Waals surface area (Å²) in [5, 5.41) is 20.8. The molecule has 0 atom stereocenters. The second-order valence-corrected chi connectivity index (χ2v) is 8.71. The van der Waals surface area contributed by atoms with Crippen LogP contribution in [-0.4, -0.2) is 10.2 Å². The van der Waals surface area contributed by atoms with Crippen LogP contribution in [0.2, 0.25) is 0 Å². The topological polar surface area (TPSA) is 40.5 Å². The van der Waals surface area contributed by atoms with Crippen LogP contribution in [0.15, 0.2) is 38.0 Å². The fourth-order valence-corrected chi connectivity index (χ4v) is 5.01. The third-order valence-corrected chi connectivity index (χ3v) is 6.69. The van der Waals surface area contributed by atoms with Crippen LogP contribution in [0.5, 0.6) is 11.5 Å². The Balaban J connectivity index is 2.26. The van der Waals surface area contributed by atoms with Gasteiger partial charge in [-0.2, -0.15) is 0 Å². The molecule has 0 bridgehead atoms. The summed E-state index contributed by atoms with van der Waals surface area (Å²) in [5.41, 5.74) is 2.18. The van der Waals surface area contributed by atoms with E-state index in [1.165, 1.54) is 14.9 Å². The number of aryl methyl sites for hydroxylation is 1. The first kappa shape index (κ1) is 13.7. The van der Waals surface area contributed by atoms with Crippen molar-refractivity contribution in [1.29, 1.82) is 0 Å². The summed E-state index contributed by atoms with van der Waals surface area (Å²) >= 11 is 1.53. The number of phenolic OH excluding ortho intramolecular Hbond substituents is 2. The minimum atomic E-state index is -0.00736. The van der Waals surface area contributed by atoms with Gasteiger partial charge in [-0.3, -0.25) is 0 Å². The molecule has 0 saturated carbocycles. The van der Waals surface area contributed by atoms with Gasteiger partial charge in [-0.15, -0.1) is 0 Å². The second kappa shape index (κ2) is 5.26. The molecule has 0 amide bonds. The zero-order chi connectivity index (χ0) is 14.3. The Kier molecular flexibility index (Phi) is 3.60. The van der Waals surface area contributed by atoms with Gasteiger partial charge < -0.3 is 0 Å². The van der Waals surface area contributed by atoms with E-state index in [-0.39, 0.29) is 32.7 Å². The maximum atomic E-state index is 10.0. The number of benzene rings is 1. The fraction of sp³-hybridized carbons (Fsp3) is 0.125. The number of allylic oxidation sites excluding steroid dienone is 5. The summed E-state index contributed by atoms with van der Waals surface area (Å²) in [6.45, 7) is 4.16. The number of rotatable bonds is 1. The first-order valence-electron chi connectivity index (χ1n) is 6.21. The molecule has 0 radical (unpaired) electrons. The second-order valence-electron chi connectivity index (χ2n) is 4.64. The van der Waals surface area contributed by atoms with Gasteiger partial charge in [0.25, 0.3) is 0 Å². The van der Waals surface area contributed by atoms with E-state index in [0.29, 0.717) is 0 Å². The van der Waals surface area contributed by atoms with Gasteiger partial charge >= 0.3 is 132 Å². The Morgan fingerprint density at radius 3 is 2.55 bits per heavy atom. The number of hydrogen-bond donors (Lipinski definition) is 2. The van der Waals surface area contributed by atoms with Gasteiger partial charge in [0.2, 0.25) is 0 Å². The van der Waals surface area contributed by atoms with E-state index >= 15 is 0 Å². The molecular formula is C16H14IO2S-. The molecular weight excluding hydrogens is 383 g/mol. The minimum absolute atomic E-state index is 0.00736. The summed E-state index contributed by atoms with van der Waals surface area (Å²) in [5.74, 6) is 0.463. The Hall–Kier alpha value is -1.27.